The highest BCUT2D eigenvalue weighted by Gasteiger charge is 2.20. The summed E-state index contributed by atoms with van der Waals surface area (Å²) in [6.07, 6.45) is 1.84. The van der Waals surface area contributed by atoms with Crippen LogP contribution < -0.4 is 5.32 Å². The van der Waals surface area contributed by atoms with E-state index in [0.717, 1.165) is 13.1 Å². The van der Waals surface area contributed by atoms with E-state index in [2.05, 4.69) is 17.1 Å². The lowest BCUT2D eigenvalue weighted by Crippen LogP contribution is -2.35. The van der Waals surface area contributed by atoms with Crippen molar-refractivity contribution in [1.29, 1.82) is 0 Å². The first kappa shape index (κ1) is 10.7. The summed E-state index contributed by atoms with van der Waals surface area (Å²) in [5.74, 6) is 0.315. The molecule has 0 spiro atoms. The van der Waals surface area contributed by atoms with Gasteiger partial charge in [0.25, 0.3) is 0 Å². The van der Waals surface area contributed by atoms with Crippen molar-refractivity contribution >= 4 is 5.78 Å². The van der Waals surface area contributed by atoms with Gasteiger partial charge in [-0.1, -0.05) is 13.8 Å². The normalized spacial score (nSPS) is 23.7. The van der Waals surface area contributed by atoms with Crippen LogP contribution in [0.5, 0.6) is 0 Å². The van der Waals surface area contributed by atoms with Crippen LogP contribution in [0.3, 0.4) is 0 Å². The molecule has 1 fully saturated rings. The van der Waals surface area contributed by atoms with Crippen molar-refractivity contribution in [1.82, 2.24) is 10.2 Å². The molecule has 1 saturated heterocycles. The Morgan fingerprint density at radius 1 is 1.54 bits per heavy atom. The van der Waals surface area contributed by atoms with Gasteiger partial charge in [-0.2, -0.15) is 0 Å². The van der Waals surface area contributed by atoms with Gasteiger partial charge in [-0.05, 0) is 19.5 Å². The summed E-state index contributed by atoms with van der Waals surface area (Å²) in [5, 5.41) is 3.31. The van der Waals surface area contributed by atoms with Gasteiger partial charge in [-0.15, -0.1) is 0 Å². The Hall–Kier alpha value is -0.410. The van der Waals surface area contributed by atoms with Gasteiger partial charge in [0.1, 0.15) is 5.78 Å². The number of carbonyl (C=O) groups excluding carboxylic acids is 1. The van der Waals surface area contributed by atoms with Gasteiger partial charge in [0, 0.05) is 19.0 Å². The Bertz CT molecular complexity index is 170. The van der Waals surface area contributed by atoms with Crippen molar-refractivity contribution in [2.45, 2.75) is 32.7 Å². The molecule has 3 heteroatoms. The minimum atomic E-state index is 0.315. The highest BCUT2D eigenvalue weighted by atomic mass is 16.1. The first-order chi connectivity index (χ1) is 6.26. The smallest absolute Gasteiger partial charge is 0.146 e. The van der Waals surface area contributed by atoms with Gasteiger partial charge in [0.2, 0.25) is 0 Å². The predicted octanol–water partition coefficient (Wildman–Crippen LogP) is 0.649. The highest BCUT2D eigenvalue weighted by molar-refractivity contribution is 5.80. The Morgan fingerprint density at radius 3 is 2.85 bits per heavy atom. The van der Waals surface area contributed by atoms with Crippen LogP contribution in [0, 0.1) is 0 Å². The number of nitrogens with one attached hydrogen (secondary N) is 1. The zero-order valence-electron chi connectivity index (χ0n) is 8.68. The molecule has 1 heterocycles. The maximum Gasteiger partial charge on any atom is 0.146 e. The molecule has 76 valence electrons. The zero-order chi connectivity index (χ0) is 9.68. The maximum atomic E-state index is 11.0. The number of hydrogen-bond acceptors (Lipinski definition) is 3. The number of nitrogens with zero attached hydrogens (tertiary/aromatic N) is 1. The van der Waals surface area contributed by atoms with Crippen LogP contribution in [0.4, 0.5) is 0 Å². The molecule has 13 heavy (non-hydrogen) atoms. The van der Waals surface area contributed by atoms with Crippen molar-refractivity contribution in [3.05, 3.63) is 0 Å². The van der Waals surface area contributed by atoms with Crippen LogP contribution in [-0.4, -0.2) is 42.9 Å². The number of Topliss-reactive ketones (excluding diaryl/α,β-unsaturated/α-hetero) is 1. The second-order valence-corrected chi connectivity index (χ2v) is 3.65. The van der Waals surface area contributed by atoms with Crippen molar-refractivity contribution in [3.63, 3.8) is 0 Å². The van der Waals surface area contributed by atoms with E-state index in [1.54, 1.807) is 0 Å². The first-order valence-electron chi connectivity index (χ1n) is 5.23. The molecule has 0 aromatic rings. The van der Waals surface area contributed by atoms with Crippen LogP contribution in [0.1, 0.15) is 26.7 Å². The van der Waals surface area contributed by atoms with Gasteiger partial charge in [-0.25, -0.2) is 0 Å². The number of likely N-dealkylation sites (tertiary alicyclic amines) is 1. The van der Waals surface area contributed by atoms with E-state index < -0.39 is 0 Å². The van der Waals surface area contributed by atoms with Gasteiger partial charge < -0.3 is 10.2 Å². The maximum absolute atomic E-state index is 11.0. The summed E-state index contributed by atoms with van der Waals surface area (Å²) >= 11 is 0. The van der Waals surface area contributed by atoms with Gasteiger partial charge in [-0.3, -0.25) is 4.79 Å². The van der Waals surface area contributed by atoms with Crippen LogP contribution in [0.15, 0.2) is 0 Å². The molecule has 3 nitrogen and oxygen atoms in total. The van der Waals surface area contributed by atoms with Gasteiger partial charge in [0.15, 0.2) is 0 Å². The zero-order valence-corrected chi connectivity index (χ0v) is 8.68. The average Bonchev–Trinajstić information content (AvgIpc) is 2.61. The summed E-state index contributed by atoms with van der Waals surface area (Å²) in [6.45, 7) is 8.05. The lowest BCUT2D eigenvalue weighted by Gasteiger charge is -2.13. The third-order valence-corrected chi connectivity index (χ3v) is 2.70. The second-order valence-electron chi connectivity index (χ2n) is 3.65. The molecule has 1 rings (SSSR count). The third-order valence-electron chi connectivity index (χ3n) is 2.70. The fourth-order valence-electron chi connectivity index (χ4n) is 1.67. The van der Waals surface area contributed by atoms with Crippen molar-refractivity contribution < 1.29 is 4.79 Å². The number of hydrogen-bond donors (Lipinski definition) is 1. The van der Waals surface area contributed by atoms with Crippen LogP contribution >= 0.6 is 0 Å². The summed E-state index contributed by atoms with van der Waals surface area (Å²) in [7, 11) is 0. The largest absolute Gasteiger partial charge is 0.306 e. The fourth-order valence-corrected chi connectivity index (χ4v) is 1.67. The summed E-state index contributed by atoms with van der Waals surface area (Å²) < 4.78 is 0. The molecule has 1 aliphatic heterocycles. The second kappa shape index (κ2) is 5.35. The van der Waals surface area contributed by atoms with Gasteiger partial charge >= 0.3 is 0 Å². The Labute approximate surface area is 80.5 Å². The highest BCUT2D eigenvalue weighted by Crippen LogP contribution is 2.07. The minimum absolute atomic E-state index is 0.315. The van der Waals surface area contributed by atoms with Crippen molar-refractivity contribution in [2.75, 3.05) is 26.2 Å². The number of carbonyl (C=O) groups is 1. The molecule has 1 aliphatic rings. The quantitative estimate of drug-likeness (QED) is 0.681. The van der Waals surface area contributed by atoms with Crippen LogP contribution in [0.2, 0.25) is 0 Å². The van der Waals surface area contributed by atoms with Gasteiger partial charge in [0.05, 0.1) is 6.54 Å². The molecular weight excluding hydrogens is 164 g/mol. The van der Waals surface area contributed by atoms with Crippen molar-refractivity contribution in [2.24, 2.45) is 0 Å². The molecule has 0 radical (unpaired) electrons. The molecule has 0 aromatic heterocycles. The average molecular weight is 184 g/mol. The van der Waals surface area contributed by atoms with E-state index in [0.29, 0.717) is 24.8 Å². The molecule has 1 atom stereocenters. The summed E-state index contributed by atoms with van der Waals surface area (Å²) in [5.41, 5.74) is 0. The summed E-state index contributed by atoms with van der Waals surface area (Å²) in [4.78, 5) is 13.5. The number of ketones is 1. The number of likely N-dealkylation sites (N-methyl/N-ethyl adjacent to an activating group) is 1. The minimum Gasteiger partial charge on any atom is -0.306 e. The van der Waals surface area contributed by atoms with Crippen LogP contribution in [0.25, 0.3) is 0 Å². The molecule has 0 aromatic carbocycles. The first-order valence-corrected chi connectivity index (χ1v) is 5.23. The molecule has 0 bridgehead atoms. The fraction of sp³-hybridized carbons (Fsp3) is 0.900. The SMILES string of the molecule is CCC(=O)CN[C@@H]1CCN(CC)C1. The van der Waals surface area contributed by atoms with E-state index >= 15 is 0 Å². The van der Waals surface area contributed by atoms with E-state index in [4.69, 9.17) is 0 Å². The molecule has 0 unspecified atom stereocenters. The Balaban J connectivity index is 2.13. The standard InChI is InChI=1S/C10H20N2O/c1-3-10(13)7-11-9-5-6-12(4-2)8-9/h9,11H,3-8H2,1-2H3/t9-/m1/s1. The molecular formula is C10H20N2O. The van der Waals surface area contributed by atoms with Crippen molar-refractivity contribution in [3.8, 4) is 0 Å². The lowest BCUT2D eigenvalue weighted by molar-refractivity contribution is -0.118. The molecule has 1 N–H and O–H groups in total. The van der Waals surface area contributed by atoms with Crippen LogP contribution in [-0.2, 0) is 4.79 Å². The van der Waals surface area contributed by atoms with E-state index in [1.165, 1.54) is 13.0 Å². The number of rotatable bonds is 5. The summed E-state index contributed by atoms with van der Waals surface area (Å²) in [6, 6.07) is 0.537. The van der Waals surface area contributed by atoms with E-state index in [1.807, 2.05) is 6.92 Å². The third kappa shape index (κ3) is 3.44. The monoisotopic (exact) mass is 184 g/mol. The van der Waals surface area contributed by atoms with E-state index in [9.17, 15) is 4.79 Å². The molecule has 0 aliphatic carbocycles. The Kier molecular flexibility index (Phi) is 4.39. The molecule has 0 amide bonds. The lowest BCUT2D eigenvalue weighted by atomic mass is 10.2. The molecule has 0 saturated carbocycles. The predicted molar refractivity (Wildman–Crippen MR) is 53.8 cm³/mol. The van der Waals surface area contributed by atoms with E-state index in [-0.39, 0.29) is 0 Å². The Morgan fingerprint density at radius 2 is 2.31 bits per heavy atom. The topological polar surface area (TPSA) is 32.3 Å².